The Bertz CT molecular complexity index is 552. The van der Waals surface area contributed by atoms with Gasteiger partial charge in [-0.25, -0.2) is 12.7 Å². The van der Waals surface area contributed by atoms with Gasteiger partial charge < -0.3 is 5.32 Å². The zero-order chi connectivity index (χ0) is 16.0. The van der Waals surface area contributed by atoms with Crippen LogP contribution in [0.2, 0.25) is 0 Å². The number of rotatable bonds is 9. The Morgan fingerprint density at radius 2 is 1.95 bits per heavy atom. The summed E-state index contributed by atoms with van der Waals surface area (Å²) in [5.41, 5.74) is 1.31. The van der Waals surface area contributed by atoms with E-state index in [4.69, 9.17) is 0 Å². The lowest BCUT2D eigenvalue weighted by molar-refractivity contribution is 0.467. The normalized spacial score (nSPS) is 12.3. The van der Waals surface area contributed by atoms with E-state index < -0.39 is 10.0 Å². The number of hydrogen-bond donors (Lipinski definition) is 1. The fourth-order valence-corrected chi connectivity index (χ4v) is 4.02. The summed E-state index contributed by atoms with van der Waals surface area (Å²) in [7, 11) is -1.82. The zero-order valence-corrected chi connectivity index (χ0v) is 14.6. The first-order valence-corrected chi connectivity index (χ1v) is 9.01. The highest BCUT2D eigenvalue weighted by atomic mass is 32.2. The van der Waals surface area contributed by atoms with Gasteiger partial charge in [0.05, 0.1) is 11.4 Å². The third kappa shape index (κ3) is 4.28. The minimum Gasteiger partial charge on any atom is -0.317 e. The predicted molar refractivity (Wildman–Crippen MR) is 85.0 cm³/mol. The number of sulfonamides is 1. The van der Waals surface area contributed by atoms with Crippen LogP contribution >= 0.6 is 0 Å². The zero-order valence-electron chi connectivity index (χ0n) is 13.8. The maximum absolute atomic E-state index is 12.6. The highest BCUT2D eigenvalue weighted by Crippen LogP contribution is 2.23. The molecule has 0 fully saturated rings. The van der Waals surface area contributed by atoms with Crippen molar-refractivity contribution in [3.63, 3.8) is 0 Å². The van der Waals surface area contributed by atoms with Gasteiger partial charge in [-0.05, 0) is 39.8 Å². The first-order chi connectivity index (χ1) is 9.86. The Hall–Kier alpha value is -0.920. The van der Waals surface area contributed by atoms with Gasteiger partial charge in [0.1, 0.15) is 4.90 Å². The molecule has 0 radical (unpaired) electrons. The van der Waals surface area contributed by atoms with E-state index in [2.05, 4.69) is 17.3 Å². The standard InChI is InChI=1S/C14H28N4O2S/c1-6-10-17(5)21(19,20)14-12(3)16-18(13(14)4)11-8-9-15-7-2/h15H,6-11H2,1-5H3. The number of hydrogen-bond acceptors (Lipinski definition) is 4. The van der Waals surface area contributed by atoms with E-state index in [1.54, 1.807) is 18.7 Å². The SMILES string of the molecule is CCCN(C)S(=O)(=O)c1c(C)nn(CCCNCC)c1C. The lowest BCUT2D eigenvalue weighted by Crippen LogP contribution is -2.28. The molecule has 1 aromatic heterocycles. The van der Waals surface area contributed by atoms with Crippen molar-refractivity contribution in [1.29, 1.82) is 0 Å². The van der Waals surface area contributed by atoms with Crippen molar-refractivity contribution in [3.05, 3.63) is 11.4 Å². The summed E-state index contributed by atoms with van der Waals surface area (Å²) in [6.45, 7) is 10.7. The molecule has 1 aromatic rings. The van der Waals surface area contributed by atoms with Crippen molar-refractivity contribution >= 4 is 10.0 Å². The number of nitrogens with zero attached hydrogens (tertiary/aromatic N) is 3. The topological polar surface area (TPSA) is 67.2 Å². The lowest BCUT2D eigenvalue weighted by Gasteiger charge is -2.16. The highest BCUT2D eigenvalue weighted by Gasteiger charge is 2.28. The Balaban J connectivity index is 2.96. The molecule has 0 aliphatic rings. The van der Waals surface area contributed by atoms with Crippen LogP contribution in [0, 0.1) is 13.8 Å². The van der Waals surface area contributed by atoms with Crippen molar-refractivity contribution in [2.24, 2.45) is 0 Å². The van der Waals surface area contributed by atoms with E-state index in [0.717, 1.165) is 38.2 Å². The molecule has 0 amide bonds. The minimum atomic E-state index is -3.44. The number of aromatic nitrogens is 2. The second-order valence-electron chi connectivity index (χ2n) is 5.26. The van der Waals surface area contributed by atoms with Gasteiger partial charge in [0.25, 0.3) is 0 Å². The Labute approximate surface area is 128 Å². The van der Waals surface area contributed by atoms with Crippen LogP contribution in [0.4, 0.5) is 0 Å². The summed E-state index contributed by atoms with van der Waals surface area (Å²) in [5, 5.41) is 7.66. The fourth-order valence-electron chi connectivity index (χ4n) is 2.39. The number of aryl methyl sites for hydroxylation is 2. The minimum absolute atomic E-state index is 0.363. The molecule has 1 N–H and O–H groups in total. The van der Waals surface area contributed by atoms with Crippen molar-refractivity contribution in [1.82, 2.24) is 19.4 Å². The van der Waals surface area contributed by atoms with Gasteiger partial charge in [-0.2, -0.15) is 5.10 Å². The molecule has 0 atom stereocenters. The van der Waals surface area contributed by atoms with Crippen LogP contribution in [0.15, 0.2) is 4.90 Å². The van der Waals surface area contributed by atoms with Crippen LogP contribution in [-0.4, -0.2) is 49.2 Å². The fraction of sp³-hybridized carbons (Fsp3) is 0.786. The van der Waals surface area contributed by atoms with Crippen molar-refractivity contribution in [3.8, 4) is 0 Å². The lowest BCUT2D eigenvalue weighted by atomic mass is 10.4. The maximum Gasteiger partial charge on any atom is 0.246 e. The summed E-state index contributed by atoms with van der Waals surface area (Å²) in [6, 6.07) is 0. The Morgan fingerprint density at radius 1 is 1.29 bits per heavy atom. The third-order valence-corrected chi connectivity index (χ3v) is 5.61. The first kappa shape index (κ1) is 18.1. The molecule has 1 heterocycles. The molecular weight excluding hydrogens is 288 g/mol. The molecule has 122 valence electrons. The summed E-state index contributed by atoms with van der Waals surface area (Å²) in [4.78, 5) is 0.363. The van der Waals surface area contributed by atoms with Crippen molar-refractivity contribution in [2.45, 2.75) is 52.0 Å². The molecule has 0 saturated heterocycles. The van der Waals surface area contributed by atoms with E-state index >= 15 is 0 Å². The monoisotopic (exact) mass is 316 g/mol. The van der Waals surface area contributed by atoms with Crippen molar-refractivity contribution in [2.75, 3.05) is 26.7 Å². The quantitative estimate of drug-likeness (QED) is 0.702. The molecule has 21 heavy (non-hydrogen) atoms. The van der Waals surface area contributed by atoms with Gasteiger partial charge in [0.2, 0.25) is 10.0 Å². The molecule has 6 nitrogen and oxygen atoms in total. The molecule has 0 aliphatic heterocycles. The first-order valence-electron chi connectivity index (χ1n) is 7.57. The summed E-state index contributed by atoms with van der Waals surface area (Å²) >= 11 is 0. The van der Waals surface area contributed by atoms with Gasteiger partial charge in [-0.1, -0.05) is 13.8 Å². The van der Waals surface area contributed by atoms with E-state index in [1.165, 1.54) is 4.31 Å². The van der Waals surface area contributed by atoms with Crippen LogP contribution in [-0.2, 0) is 16.6 Å². The molecule has 0 aromatic carbocycles. The van der Waals surface area contributed by atoms with Crippen molar-refractivity contribution < 1.29 is 8.42 Å². The van der Waals surface area contributed by atoms with E-state index in [9.17, 15) is 8.42 Å². The van der Waals surface area contributed by atoms with Gasteiger partial charge in [-0.3, -0.25) is 4.68 Å². The van der Waals surface area contributed by atoms with Gasteiger partial charge in [0.15, 0.2) is 0 Å². The van der Waals surface area contributed by atoms with Gasteiger partial charge in [0, 0.05) is 20.1 Å². The molecule has 0 saturated carbocycles. The molecule has 0 spiro atoms. The molecular formula is C14H28N4O2S. The van der Waals surface area contributed by atoms with Gasteiger partial charge >= 0.3 is 0 Å². The predicted octanol–water partition coefficient (Wildman–Crippen LogP) is 1.53. The van der Waals surface area contributed by atoms with Crippen LogP contribution in [0.1, 0.15) is 38.1 Å². The van der Waals surface area contributed by atoms with E-state index in [-0.39, 0.29) is 0 Å². The molecule has 7 heteroatoms. The Kier molecular flexibility index (Phi) is 6.83. The molecule has 0 aliphatic carbocycles. The second kappa shape index (κ2) is 7.91. The average molecular weight is 316 g/mol. The smallest absolute Gasteiger partial charge is 0.246 e. The summed E-state index contributed by atoms with van der Waals surface area (Å²) < 4.78 is 28.4. The largest absolute Gasteiger partial charge is 0.317 e. The number of nitrogens with one attached hydrogen (secondary N) is 1. The third-order valence-electron chi connectivity index (χ3n) is 3.50. The molecule has 0 unspecified atom stereocenters. The van der Waals surface area contributed by atoms with Crippen LogP contribution in [0.3, 0.4) is 0 Å². The van der Waals surface area contributed by atoms with E-state index in [1.807, 2.05) is 13.8 Å². The average Bonchev–Trinajstić information content (AvgIpc) is 2.70. The summed E-state index contributed by atoms with van der Waals surface area (Å²) in [6.07, 6.45) is 1.73. The highest BCUT2D eigenvalue weighted by molar-refractivity contribution is 7.89. The maximum atomic E-state index is 12.6. The molecule has 0 bridgehead atoms. The van der Waals surface area contributed by atoms with Gasteiger partial charge in [-0.15, -0.1) is 0 Å². The van der Waals surface area contributed by atoms with E-state index in [0.29, 0.717) is 17.1 Å². The second-order valence-corrected chi connectivity index (χ2v) is 7.24. The van der Waals surface area contributed by atoms with Crippen LogP contribution in [0.25, 0.3) is 0 Å². The Morgan fingerprint density at radius 3 is 2.52 bits per heavy atom. The summed E-state index contributed by atoms with van der Waals surface area (Å²) in [5.74, 6) is 0. The molecule has 1 rings (SSSR count). The van der Waals surface area contributed by atoms with Crippen LogP contribution < -0.4 is 5.32 Å². The van der Waals surface area contributed by atoms with Crippen LogP contribution in [0.5, 0.6) is 0 Å².